The Morgan fingerprint density at radius 1 is 0.833 bits per heavy atom. The van der Waals surface area contributed by atoms with Crippen molar-refractivity contribution in [1.82, 2.24) is 4.98 Å². The molecule has 0 spiro atoms. The molecule has 0 fully saturated rings. The Balaban J connectivity index is 2.28. The number of ether oxygens (including phenoxy) is 1. The minimum absolute atomic E-state index is 0.0192. The van der Waals surface area contributed by atoms with Crippen LogP contribution in [-0.2, 0) is 4.74 Å². The van der Waals surface area contributed by atoms with Gasteiger partial charge in [0.15, 0.2) is 0 Å². The molecule has 2 heteroatoms. The first-order valence-corrected chi connectivity index (χ1v) is 6.25. The maximum Gasteiger partial charge on any atom is 0.107 e. The number of nitrogens with zero attached hydrogens (tertiary/aromatic N) is 1. The average Bonchev–Trinajstić information content (AvgIpc) is 2.41. The van der Waals surface area contributed by atoms with Crippen molar-refractivity contribution in [2.75, 3.05) is 7.11 Å². The van der Waals surface area contributed by atoms with Crippen molar-refractivity contribution in [2.45, 2.75) is 25.9 Å². The van der Waals surface area contributed by atoms with Gasteiger partial charge in [0.2, 0.25) is 0 Å². The first kappa shape index (κ1) is 12.8. The highest BCUT2D eigenvalue weighted by molar-refractivity contribution is 5.32. The van der Waals surface area contributed by atoms with E-state index < -0.39 is 0 Å². The third-order valence-electron chi connectivity index (χ3n) is 3.15. The fraction of sp³-hybridized carbons (Fsp3) is 0.312. The van der Waals surface area contributed by atoms with Crippen molar-refractivity contribution in [3.05, 3.63) is 65.5 Å². The highest BCUT2D eigenvalue weighted by atomic mass is 16.5. The Hall–Kier alpha value is -1.67. The summed E-state index contributed by atoms with van der Waals surface area (Å²) in [5.41, 5.74) is 3.65. The zero-order chi connectivity index (χ0) is 13.0. The molecule has 1 aromatic heterocycles. The summed E-state index contributed by atoms with van der Waals surface area (Å²) in [5, 5.41) is 0. The molecule has 2 nitrogen and oxygen atoms in total. The van der Waals surface area contributed by atoms with Gasteiger partial charge in [-0.2, -0.15) is 0 Å². The van der Waals surface area contributed by atoms with E-state index in [-0.39, 0.29) is 6.10 Å². The minimum atomic E-state index is -0.0192. The topological polar surface area (TPSA) is 22.1 Å². The van der Waals surface area contributed by atoms with E-state index in [0.29, 0.717) is 5.92 Å². The van der Waals surface area contributed by atoms with Crippen molar-refractivity contribution in [3.8, 4) is 0 Å². The summed E-state index contributed by atoms with van der Waals surface area (Å²) >= 11 is 0. The van der Waals surface area contributed by atoms with Crippen LogP contribution < -0.4 is 0 Å². The van der Waals surface area contributed by atoms with E-state index >= 15 is 0 Å². The fourth-order valence-electron chi connectivity index (χ4n) is 2.06. The van der Waals surface area contributed by atoms with Gasteiger partial charge >= 0.3 is 0 Å². The van der Waals surface area contributed by atoms with Crippen molar-refractivity contribution < 1.29 is 4.74 Å². The quantitative estimate of drug-likeness (QED) is 0.808. The van der Waals surface area contributed by atoms with Crippen LogP contribution in [0.4, 0.5) is 0 Å². The minimum Gasteiger partial charge on any atom is -0.372 e. The van der Waals surface area contributed by atoms with E-state index in [1.165, 1.54) is 11.1 Å². The average molecular weight is 241 g/mol. The highest BCUT2D eigenvalue weighted by Gasteiger charge is 2.13. The molecule has 2 rings (SSSR count). The van der Waals surface area contributed by atoms with Crippen molar-refractivity contribution in [1.29, 1.82) is 0 Å². The molecule has 0 saturated heterocycles. The number of benzene rings is 1. The maximum absolute atomic E-state index is 5.59. The van der Waals surface area contributed by atoms with E-state index in [2.05, 4.69) is 43.1 Å². The number of aromatic nitrogens is 1. The van der Waals surface area contributed by atoms with Crippen LogP contribution >= 0.6 is 0 Å². The number of methoxy groups -OCH3 is 1. The second-order valence-corrected chi connectivity index (χ2v) is 4.72. The maximum atomic E-state index is 5.59. The SMILES string of the molecule is COC(c1ccncc1)c1ccc(C(C)C)cc1. The van der Waals surface area contributed by atoms with Gasteiger partial charge in [-0.25, -0.2) is 0 Å². The van der Waals surface area contributed by atoms with Gasteiger partial charge in [-0.1, -0.05) is 38.1 Å². The van der Waals surface area contributed by atoms with Crippen LogP contribution in [0.1, 0.15) is 42.6 Å². The molecule has 0 saturated carbocycles. The number of rotatable bonds is 4. The Morgan fingerprint density at radius 2 is 1.33 bits per heavy atom. The second-order valence-electron chi connectivity index (χ2n) is 4.72. The third kappa shape index (κ3) is 2.77. The molecule has 1 heterocycles. The summed E-state index contributed by atoms with van der Waals surface area (Å²) in [4.78, 5) is 4.04. The van der Waals surface area contributed by atoms with Gasteiger partial charge in [-0.15, -0.1) is 0 Å². The molecule has 2 aromatic rings. The summed E-state index contributed by atoms with van der Waals surface area (Å²) in [5.74, 6) is 0.556. The van der Waals surface area contributed by atoms with Crippen LogP contribution in [0.2, 0.25) is 0 Å². The number of pyridine rings is 1. The van der Waals surface area contributed by atoms with Crippen LogP contribution in [0.25, 0.3) is 0 Å². The van der Waals surface area contributed by atoms with E-state index in [4.69, 9.17) is 4.74 Å². The van der Waals surface area contributed by atoms with Crippen molar-refractivity contribution in [3.63, 3.8) is 0 Å². The van der Waals surface area contributed by atoms with Crippen LogP contribution in [0, 0.1) is 0 Å². The zero-order valence-corrected chi connectivity index (χ0v) is 11.1. The molecule has 0 aliphatic carbocycles. The highest BCUT2D eigenvalue weighted by Crippen LogP contribution is 2.26. The van der Waals surface area contributed by atoms with E-state index in [0.717, 1.165) is 5.56 Å². The lowest BCUT2D eigenvalue weighted by molar-refractivity contribution is 0.136. The van der Waals surface area contributed by atoms with Gasteiger partial charge in [0, 0.05) is 19.5 Å². The molecule has 0 radical (unpaired) electrons. The van der Waals surface area contributed by atoms with Gasteiger partial charge in [-0.3, -0.25) is 4.98 Å². The largest absolute Gasteiger partial charge is 0.372 e. The van der Waals surface area contributed by atoms with Crippen molar-refractivity contribution in [2.24, 2.45) is 0 Å². The standard InChI is InChI=1S/C16H19NO/c1-12(2)13-4-6-14(7-5-13)16(18-3)15-8-10-17-11-9-15/h4-12,16H,1-3H3. The van der Waals surface area contributed by atoms with Crippen LogP contribution in [0.5, 0.6) is 0 Å². The predicted molar refractivity (Wildman–Crippen MR) is 73.6 cm³/mol. The number of hydrogen-bond donors (Lipinski definition) is 0. The molecule has 0 aliphatic heterocycles. The molecular formula is C16H19NO. The first-order chi connectivity index (χ1) is 8.72. The predicted octanol–water partition coefficient (Wildman–Crippen LogP) is 3.94. The fourth-order valence-corrected chi connectivity index (χ4v) is 2.06. The lowest BCUT2D eigenvalue weighted by Gasteiger charge is -2.17. The molecule has 0 bridgehead atoms. The lowest BCUT2D eigenvalue weighted by atomic mass is 9.97. The van der Waals surface area contributed by atoms with Gasteiger partial charge in [-0.05, 0) is 34.7 Å². The van der Waals surface area contributed by atoms with Crippen LogP contribution in [0.3, 0.4) is 0 Å². The second kappa shape index (κ2) is 5.78. The van der Waals surface area contributed by atoms with Crippen LogP contribution in [0.15, 0.2) is 48.8 Å². The first-order valence-electron chi connectivity index (χ1n) is 6.25. The molecule has 0 N–H and O–H groups in total. The molecule has 94 valence electrons. The Bertz CT molecular complexity index is 476. The summed E-state index contributed by atoms with van der Waals surface area (Å²) in [6.45, 7) is 4.40. The third-order valence-corrected chi connectivity index (χ3v) is 3.15. The van der Waals surface area contributed by atoms with Gasteiger partial charge in [0.05, 0.1) is 0 Å². The van der Waals surface area contributed by atoms with E-state index in [1.807, 2.05) is 12.1 Å². The van der Waals surface area contributed by atoms with Crippen molar-refractivity contribution >= 4 is 0 Å². The Morgan fingerprint density at radius 3 is 1.83 bits per heavy atom. The normalized spacial score (nSPS) is 12.7. The van der Waals surface area contributed by atoms with Gasteiger partial charge in [0.1, 0.15) is 6.10 Å². The Labute approximate surface area is 109 Å². The number of hydrogen-bond acceptors (Lipinski definition) is 2. The van der Waals surface area contributed by atoms with Crippen LogP contribution in [-0.4, -0.2) is 12.1 Å². The molecular weight excluding hydrogens is 222 g/mol. The summed E-state index contributed by atoms with van der Waals surface area (Å²) < 4.78 is 5.59. The summed E-state index contributed by atoms with van der Waals surface area (Å²) in [6.07, 6.45) is 3.57. The lowest BCUT2D eigenvalue weighted by Crippen LogP contribution is -2.03. The molecule has 0 amide bonds. The van der Waals surface area contributed by atoms with Gasteiger partial charge in [0.25, 0.3) is 0 Å². The smallest absolute Gasteiger partial charge is 0.107 e. The molecule has 0 aliphatic rings. The van der Waals surface area contributed by atoms with Gasteiger partial charge < -0.3 is 4.74 Å². The zero-order valence-electron chi connectivity index (χ0n) is 11.1. The monoisotopic (exact) mass is 241 g/mol. The summed E-state index contributed by atoms with van der Waals surface area (Å²) in [6, 6.07) is 12.6. The summed E-state index contributed by atoms with van der Waals surface area (Å²) in [7, 11) is 1.74. The Kier molecular flexibility index (Phi) is 4.11. The molecule has 1 aromatic carbocycles. The van der Waals surface area contributed by atoms with E-state index in [1.54, 1.807) is 19.5 Å². The molecule has 18 heavy (non-hydrogen) atoms. The molecule has 1 atom stereocenters. The van der Waals surface area contributed by atoms with E-state index in [9.17, 15) is 0 Å². The molecule has 1 unspecified atom stereocenters.